The first-order valence-electron chi connectivity index (χ1n) is 11.0. The fourth-order valence-corrected chi connectivity index (χ4v) is 4.47. The molecule has 33 heavy (non-hydrogen) atoms. The van der Waals surface area contributed by atoms with Crippen molar-refractivity contribution in [1.29, 1.82) is 0 Å². The van der Waals surface area contributed by atoms with E-state index in [1.807, 2.05) is 78.9 Å². The Morgan fingerprint density at radius 2 is 1.24 bits per heavy atom. The zero-order chi connectivity index (χ0) is 23.3. The predicted molar refractivity (Wildman–Crippen MR) is 123 cm³/mol. The summed E-state index contributed by atoms with van der Waals surface area (Å²) in [4.78, 5) is 26.9. The minimum atomic E-state index is -1.36. The average molecular weight is 447 g/mol. The van der Waals surface area contributed by atoms with Crippen molar-refractivity contribution >= 4 is 12.2 Å². The van der Waals surface area contributed by atoms with Crippen molar-refractivity contribution in [3.05, 3.63) is 108 Å². The summed E-state index contributed by atoms with van der Waals surface area (Å²) in [6.45, 7) is 1.68. The number of amides is 2. The number of carbonyl (C=O) groups excluding carboxylic acids is 2. The van der Waals surface area contributed by atoms with Crippen LogP contribution in [0.2, 0.25) is 0 Å². The van der Waals surface area contributed by atoms with Gasteiger partial charge < -0.3 is 14.6 Å². The van der Waals surface area contributed by atoms with Crippen molar-refractivity contribution in [2.75, 3.05) is 6.54 Å². The highest BCUT2D eigenvalue weighted by Crippen LogP contribution is 2.42. The summed E-state index contributed by atoms with van der Waals surface area (Å²) in [7, 11) is 0. The molecule has 0 unspecified atom stereocenters. The third-order valence-electron chi connectivity index (χ3n) is 6.27. The number of benzene rings is 3. The number of hydrogen-bond acceptors (Lipinski definition) is 5. The summed E-state index contributed by atoms with van der Waals surface area (Å²) >= 11 is 0. The van der Waals surface area contributed by atoms with Crippen molar-refractivity contribution in [2.45, 2.75) is 38.2 Å². The lowest BCUT2D eigenvalue weighted by atomic mass is 9.92. The Hall–Kier alpha value is -3.48. The first-order valence-corrected chi connectivity index (χ1v) is 11.0. The van der Waals surface area contributed by atoms with Crippen LogP contribution in [0.3, 0.4) is 0 Å². The summed E-state index contributed by atoms with van der Waals surface area (Å²) in [6.07, 6.45) is -1.23. The third-order valence-corrected chi connectivity index (χ3v) is 6.27. The molecule has 3 aromatic rings. The number of rotatable bonds is 5. The van der Waals surface area contributed by atoms with E-state index in [1.54, 1.807) is 19.1 Å². The van der Waals surface area contributed by atoms with Crippen LogP contribution >= 0.6 is 0 Å². The van der Waals surface area contributed by atoms with Gasteiger partial charge in [-0.1, -0.05) is 91.0 Å². The maximum atomic E-state index is 13.5. The first kappa shape index (κ1) is 22.7. The van der Waals surface area contributed by atoms with Gasteiger partial charge in [0.1, 0.15) is 31.4 Å². The summed E-state index contributed by atoms with van der Waals surface area (Å²) in [5.74, 6) is 0. The van der Waals surface area contributed by atoms with Gasteiger partial charge in [0.05, 0.1) is 0 Å². The molecule has 1 heterocycles. The van der Waals surface area contributed by atoms with E-state index < -0.39 is 28.3 Å². The number of carbonyl (C=O) groups is 2. The third kappa shape index (κ3) is 4.67. The average Bonchev–Trinajstić information content (AvgIpc) is 3.15. The number of ether oxygens (including phenoxy) is 2. The van der Waals surface area contributed by atoms with E-state index in [-0.39, 0.29) is 26.2 Å². The Morgan fingerprint density at radius 1 is 0.818 bits per heavy atom. The molecule has 0 aromatic heterocycles. The van der Waals surface area contributed by atoms with Crippen LogP contribution in [0.5, 0.6) is 0 Å². The maximum Gasteiger partial charge on any atom is 0.527 e. The minimum absolute atomic E-state index is 0.0299. The molecule has 0 spiro atoms. The number of quaternary nitrogens is 1. The predicted octanol–water partition coefficient (Wildman–Crippen LogP) is 5.16. The SMILES string of the molecule is C[C@@H]1C[C@@](O)(c2ccccc2)C[N+]1(C(=O)OCc1ccccc1)C(=O)OCc1ccccc1. The van der Waals surface area contributed by atoms with Gasteiger partial charge in [-0.15, -0.1) is 4.48 Å². The monoisotopic (exact) mass is 446 g/mol. The molecule has 6 nitrogen and oxygen atoms in total. The van der Waals surface area contributed by atoms with Crippen molar-refractivity contribution < 1.29 is 28.7 Å². The van der Waals surface area contributed by atoms with Crippen LogP contribution in [-0.2, 0) is 28.3 Å². The van der Waals surface area contributed by atoms with Gasteiger partial charge in [0.2, 0.25) is 0 Å². The maximum absolute atomic E-state index is 13.5. The number of aliphatic hydroxyl groups is 1. The summed E-state index contributed by atoms with van der Waals surface area (Å²) < 4.78 is 10.5. The smallest absolute Gasteiger partial charge is 0.415 e. The van der Waals surface area contributed by atoms with Gasteiger partial charge in [-0.05, 0) is 23.6 Å². The second kappa shape index (κ2) is 9.57. The van der Waals surface area contributed by atoms with Crippen LogP contribution in [0.4, 0.5) is 9.59 Å². The highest BCUT2D eigenvalue weighted by atomic mass is 16.6. The molecule has 1 saturated heterocycles. The lowest BCUT2D eigenvalue weighted by molar-refractivity contribution is -0.800. The minimum Gasteiger partial charge on any atom is -0.415 e. The number of hydrogen-bond donors (Lipinski definition) is 1. The van der Waals surface area contributed by atoms with E-state index in [2.05, 4.69) is 0 Å². The topological polar surface area (TPSA) is 72.8 Å². The molecule has 0 aliphatic carbocycles. The molecular formula is C27H28NO5+. The second-order valence-electron chi connectivity index (χ2n) is 8.56. The largest absolute Gasteiger partial charge is 0.527 e. The van der Waals surface area contributed by atoms with Crippen LogP contribution < -0.4 is 0 Å². The fourth-order valence-electron chi connectivity index (χ4n) is 4.47. The van der Waals surface area contributed by atoms with E-state index in [1.165, 1.54) is 0 Å². The molecule has 1 aliphatic rings. The molecule has 0 radical (unpaired) electrons. The van der Waals surface area contributed by atoms with Crippen LogP contribution in [0.15, 0.2) is 91.0 Å². The van der Waals surface area contributed by atoms with Crippen LogP contribution in [0.25, 0.3) is 0 Å². The van der Waals surface area contributed by atoms with E-state index in [4.69, 9.17) is 9.47 Å². The quantitative estimate of drug-likeness (QED) is 0.548. The van der Waals surface area contributed by atoms with Gasteiger partial charge in [-0.25, -0.2) is 0 Å². The van der Waals surface area contributed by atoms with Crippen molar-refractivity contribution in [2.24, 2.45) is 0 Å². The zero-order valence-electron chi connectivity index (χ0n) is 18.6. The molecule has 1 N–H and O–H groups in total. The first-order chi connectivity index (χ1) is 15.9. The Kier molecular flexibility index (Phi) is 6.58. The Morgan fingerprint density at radius 3 is 1.70 bits per heavy atom. The normalized spacial score (nSPS) is 21.3. The van der Waals surface area contributed by atoms with Gasteiger partial charge in [-0.2, -0.15) is 9.59 Å². The van der Waals surface area contributed by atoms with E-state index >= 15 is 0 Å². The van der Waals surface area contributed by atoms with E-state index in [0.29, 0.717) is 5.56 Å². The van der Waals surface area contributed by atoms with Crippen LogP contribution in [0, 0.1) is 0 Å². The number of likely N-dealkylation sites (tertiary alicyclic amines) is 1. The Bertz CT molecular complexity index is 1030. The number of imide groups is 1. The molecule has 0 bridgehead atoms. The van der Waals surface area contributed by atoms with Gasteiger partial charge in [0, 0.05) is 6.42 Å². The Balaban J connectivity index is 1.61. The van der Waals surface area contributed by atoms with Crippen LogP contribution in [-0.4, -0.2) is 34.4 Å². The number of nitrogens with zero attached hydrogens (tertiary/aromatic N) is 1. The molecule has 3 aromatic carbocycles. The standard InChI is InChI=1S/C27H28NO5/c1-21-17-27(31,24-15-9-4-10-16-24)20-28(21,25(29)32-18-22-11-5-2-6-12-22)26(30)33-19-23-13-7-3-8-14-23/h2-16,21,31H,17-20H2,1H3/q+1/t21-,27+/m1/s1. The summed E-state index contributed by atoms with van der Waals surface area (Å²) in [5, 5.41) is 11.5. The van der Waals surface area contributed by atoms with Gasteiger partial charge >= 0.3 is 12.2 Å². The fraction of sp³-hybridized carbons (Fsp3) is 0.259. The second-order valence-corrected chi connectivity index (χ2v) is 8.56. The summed E-state index contributed by atoms with van der Waals surface area (Å²) in [5.41, 5.74) is 0.917. The molecule has 170 valence electrons. The molecule has 2 atom stereocenters. The van der Waals surface area contributed by atoms with Crippen molar-refractivity contribution in [3.63, 3.8) is 0 Å². The lowest BCUT2D eigenvalue weighted by Gasteiger charge is -2.30. The molecule has 0 saturated carbocycles. The molecule has 2 amide bonds. The van der Waals surface area contributed by atoms with Crippen molar-refractivity contribution in [1.82, 2.24) is 0 Å². The highest BCUT2D eigenvalue weighted by Gasteiger charge is 2.64. The van der Waals surface area contributed by atoms with Crippen LogP contribution in [0.1, 0.15) is 30.0 Å². The zero-order valence-corrected chi connectivity index (χ0v) is 18.6. The highest BCUT2D eigenvalue weighted by molar-refractivity contribution is 5.77. The molecule has 6 heteroatoms. The molecule has 1 fully saturated rings. The molecular weight excluding hydrogens is 418 g/mol. The molecule has 4 rings (SSSR count). The van der Waals surface area contributed by atoms with Gasteiger partial charge in [0.15, 0.2) is 0 Å². The molecule has 1 aliphatic heterocycles. The van der Waals surface area contributed by atoms with E-state index in [0.717, 1.165) is 11.1 Å². The van der Waals surface area contributed by atoms with Crippen molar-refractivity contribution in [3.8, 4) is 0 Å². The van der Waals surface area contributed by atoms with E-state index in [9.17, 15) is 14.7 Å². The van der Waals surface area contributed by atoms with Gasteiger partial charge in [0.25, 0.3) is 0 Å². The summed E-state index contributed by atoms with van der Waals surface area (Å²) in [6, 6.07) is 27.1. The lowest BCUT2D eigenvalue weighted by Crippen LogP contribution is -2.60. The Labute approximate surface area is 193 Å². The van der Waals surface area contributed by atoms with Gasteiger partial charge in [-0.3, -0.25) is 0 Å².